The number of carboxylic acids is 1. The number of benzene rings is 1. The van der Waals surface area contributed by atoms with E-state index >= 15 is 0 Å². The van der Waals surface area contributed by atoms with Gasteiger partial charge in [0.2, 0.25) is 0 Å². The van der Waals surface area contributed by atoms with E-state index in [1.807, 2.05) is 31.2 Å². The maximum Gasteiger partial charge on any atom is 0.348 e. The van der Waals surface area contributed by atoms with Crippen molar-refractivity contribution in [2.45, 2.75) is 13.3 Å². The molecule has 5 heteroatoms. The molecule has 3 nitrogen and oxygen atoms in total. The number of nitrogen functional groups attached to an aromatic ring is 1. The molecule has 2 aromatic rings. The fourth-order valence-corrected chi connectivity index (χ4v) is 3.54. The number of hydrogen-bond donors (Lipinski definition) is 2. The minimum Gasteiger partial charge on any atom is -0.477 e. The maximum absolute atomic E-state index is 11.1. The Morgan fingerprint density at radius 3 is 2.78 bits per heavy atom. The highest BCUT2D eigenvalue weighted by atomic mass is 127. The number of aromatic carboxylic acids is 1. The minimum absolute atomic E-state index is 0.237. The van der Waals surface area contributed by atoms with Gasteiger partial charge in [-0.3, -0.25) is 0 Å². The topological polar surface area (TPSA) is 63.3 Å². The molecule has 0 aliphatic carbocycles. The van der Waals surface area contributed by atoms with Gasteiger partial charge < -0.3 is 10.8 Å². The fraction of sp³-hybridized carbons (Fsp3) is 0.154. The van der Waals surface area contributed by atoms with Crippen LogP contribution in [0.1, 0.15) is 22.2 Å². The summed E-state index contributed by atoms with van der Waals surface area (Å²) >= 11 is 3.49. The van der Waals surface area contributed by atoms with Crippen molar-refractivity contribution in [1.82, 2.24) is 0 Å². The molecule has 0 fully saturated rings. The third-order valence-electron chi connectivity index (χ3n) is 2.68. The number of anilines is 1. The Kier molecular flexibility index (Phi) is 3.91. The summed E-state index contributed by atoms with van der Waals surface area (Å²) in [6.07, 6.45) is 0.733. The molecular formula is C13H12INO2S. The van der Waals surface area contributed by atoms with E-state index < -0.39 is 5.97 Å². The molecule has 0 aliphatic rings. The van der Waals surface area contributed by atoms with Gasteiger partial charge in [-0.2, -0.15) is 0 Å². The maximum atomic E-state index is 11.1. The lowest BCUT2D eigenvalue weighted by Crippen LogP contribution is -1.99. The van der Waals surface area contributed by atoms with E-state index in [-0.39, 0.29) is 4.88 Å². The van der Waals surface area contributed by atoms with E-state index in [9.17, 15) is 4.79 Å². The van der Waals surface area contributed by atoms with Crippen molar-refractivity contribution in [2.75, 3.05) is 5.73 Å². The Hall–Kier alpha value is -1.08. The third kappa shape index (κ3) is 2.37. The normalized spacial score (nSPS) is 10.6. The lowest BCUT2D eigenvalue weighted by molar-refractivity contribution is 0.0703. The van der Waals surface area contributed by atoms with E-state index in [4.69, 9.17) is 10.8 Å². The largest absolute Gasteiger partial charge is 0.477 e. The van der Waals surface area contributed by atoms with Gasteiger partial charge in [0.15, 0.2) is 0 Å². The molecule has 0 unspecified atom stereocenters. The van der Waals surface area contributed by atoms with Crippen LogP contribution in [0.2, 0.25) is 0 Å². The monoisotopic (exact) mass is 373 g/mol. The Morgan fingerprint density at radius 2 is 2.22 bits per heavy atom. The van der Waals surface area contributed by atoms with Crippen LogP contribution in [0, 0.1) is 3.57 Å². The molecule has 0 amide bonds. The summed E-state index contributed by atoms with van der Waals surface area (Å²) in [6.45, 7) is 1.99. The molecule has 0 aliphatic heterocycles. The Balaban J connectivity index is 2.64. The third-order valence-corrected chi connectivity index (χ3v) is 4.64. The average Bonchev–Trinajstić information content (AvgIpc) is 2.66. The van der Waals surface area contributed by atoms with Crippen molar-refractivity contribution < 1.29 is 9.90 Å². The van der Waals surface area contributed by atoms with Gasteiger partial charge in [-0.1, -0.05) is 19.1 Å². The number of halogens is 1. The molecule has 1 heterocycles. The first-order valence-corrected chi connectivity index (χ1v) is 7.34. The van der Waals surface area contributed by atoms with Gasteiger partial charge in [-0.15, -0.1) is 11.3 Å². The van der Waals surface area contributed by atoms with Crippen LogP contribution in [-0.2, 0) is 6.42 Å². The lowest BCUT2D eigenvalue weighted by atomic mass is 10.1. The highest BCUT2D eigenvalue weighted by molar-refractivity contribution is 14.1. The molecule has 0 saturated heterocycles. The predicted molar refractivity (Wildman–Crippen MR) is 83.2 cm³/mol. The molecule has 0 radical (unpaired) electrons. The molecule has 0 atom stereocenters. The second-order valence-electron chi connectivity index (χ2n) is 3.82. The quantitative estimate of drug-likeness (QED) is 0.804. The van der Waals surface area contributed by atoms with Gasteiger partial charge in [0, 0.05) is 8.45 Å². The Labute approximate surface area is 123 Å². The van der Waals surface area contributed by atoms with Crippen LogP contribution < -0.4 is 5.73 Å². The zero-order chi connectivity index (χ0) is 13.3. The molecule has 94 valence electrons. The van der Waals surface area contributed by atoms with Crippen molar-refractivity contribution in [1.29, 1.82) is 0 Å². The van der Waals surface area contributed by atoms with Crippen LogP contribution in [0.3, 0.4) is 0 Å². The number of rotatable bonds is 3. The lowest BCUT2D eigenvalue weighted by Gasteiger charge is -2.03. The first-order chi connectivity index (χ1) is 8.54. The SMILES string of the molecule is CCc1c(-c2cccc(I)c2)sc(C(=O)O)c1N. The minimum atomic E-state index is -0.955. The van der Waals surface area contributed by atoms with E-state index in [1.54, 1.807) is 0 Å². The fourth-order valence-electron chi connectivity index (χ4n) is 1.85. The van der Waals surface area contributed by atoms with Crippen molar-refractivity contribution in [2.24, 2.45) is 0 Å². The van der Waals surface area contributed by atoms with E-state index in [1.165, 1.54) is 11.3 Å². The van der Waals surface area contributed by atoms with Gasteiger partial charge >= 0.3 is 5.97 Å². The molecule has 1 aromatic heterocycles. The van der Waals surface area contributed by atoms with Gasteiger partial charge in [0.05, 0.1) is 5.69 Å². The number of nitrogens with two attached hydrogens (primary N) is 1. The summed E-state index contributed by atoms with van der Waals surface area (Å²) in [6, 6.07) is 7.99. The van der Waals surface area contributed by atoms with Crippen LogP contribution in [-0.4, -0.2) is 11.1 Å². The zero-order valence-electron chi connectivity index (χ0n) is 9.74. The molecule has 1 aromatic carbocycles. The van der Waals surface area contributed by atoms with Gasteiger partial charge in [-0.25, -0.2) is 4.79 Å². The molecule has 2 rings (SSSR count). The standard InChI is InChI=1S/C13H12INO2S/c1-2-9-10(15)12(13(16)17)18-11(9)7-4-3-5-8(14)6-7/h3-6H,2,15H2,1H3,(H,16,17). The second kappa shape index (κ2) is 5.27. The van der Waals surface area contributed by atoms with Crippen molar-refractivity contribution in [3.05, 3.63) is 38.3 Å². The van der Waals surface area contributed by atoms with Crippen LogP contribution in [0.15, 0.2) is 24.3 Å². The predicted octanol–water partition coefficient (Wildman–Crippen LogP) is 3.86. The zero-order valence-corrected chi connectivity index (χ0v) is 12.7. The highest BCUT2D eigenvalue weighted by Gasteiger charge is 2.20. The number of carbonyl (C=O) groups is 1. The molecule has 18 heavy (non-hydrogen) atoms. The molecule has 0 saturated carbocycles. The molecular weight excluding hydrogens is 361 g/mol. The molecule has 0 spiro atoms. The first-order valence-electron chi connectivity index (χ1n) is 5.45. The Bertz CT molecular complexity index is 607. The van der Waals surface area contributed by atoms with Crippen LogP contribution >= 0.6 is 33.9 Å². The Morgan fingerprint density at radius 1 is 1.50 bits per heavy atom. The smallest absolute Gasteiger partial charge is 0.348 e. The van der Waals surface area contributed by atoms with Crippen molar-refractivity contribution >= 4 is 45.6 Å². The molecule has 3 N–H and O–H groups in total. The second-order valence-corrected chi connectivity index (χ2v) is 6.09. The summed E-state index contributed by atoms with van der Waals surface area (Å²) in [4.78, 5) is 12.3. The highest BCUT2D eigenvalue weighted by Crippen LogP contribution is 2.39. The van der Waals surface area contributed by atoms with Crippen LogP contribution in [0.25, 0.3) is 10.4 Å². The van der Waals surface area contributed by atoms with Crippen LogP contribution in [0.5, 0.6) is 0 Å². The van der Waals surface area contributed by atoms with Gasteiger partial charge in [0.1, 0.15) is 4.88 Å². The van der Waals surface area contributed by atoms with Gasteiger partial charge in [0.25, 0.3) is 0 Å². The summed E-state index contributed by atoms with van der Waals surface area (Å²) in [5, 5.41) is 9.13. The van der Waals surface area contributed by atoms with E-state index in [0.29, 0.717) is 5.69 Å². The average molecular weight is 373 g/mol. The van der Waals surface area contributed by atoms with E-state index in [2.05, 4.69) is 22.6 Å². The number of thiophene rings is 1. The van der Waals surface area contributed by atoms with Gasteiger partial charge in [-0.05, 0) is 52.3 Å². The number of hydrogen-bond acceptors (Lipinski definition) is 3. The molecule has 0 bridgehead atoms. The summed E-state index contributed by atoms with van der Waals surface area (Å²) in [5.74, 6) is -0.955. The summed E-state index contributed by atoms with van der Waals surface area (Å²) in [7, 11) is 0. The number of carboxylic acid groups (broad SMARTS) is 1. The summed E-state index contributed by atoms with van der Waals surface area (Å²) in [5.41, 5.74) is 8.29. The first kappa shape index (κ1) is 13.4. The van der Waals surface area contributed by atoms with Crippen molar-refractivity contribution in [3.63, 3.8) is 0 Å². The van der Waals surface area contributed by atoms with E-state index in [0.717, 1.165) is 26.0 Å². The summed E-state index contributed by atoms with van der Waals surface area (Å²) < 4.78 is 1.12. The van der Waals surface area contributed by atoms with Crippen LogP contribution in [0.4, 0.5) is 5.69 Å². The van der Waals surface area contributed by atoms with Crippen molar-refractivity contribution in [3.8, 4) is 10.4 Å².